The minimum absolute atomic E-state index is 0.116. The van der Waals surface area contributed by atoms with Crippen molar-refractivity contribution in [2.45, 2.75) is 46.2 Å². The third-order valence-electron chi connectivity index (χ3n) is 2.92. The van der Waals surface area contributed by atoms with Crippen molar-refractivity contribution in [3.8, 4) is 0 Å². The minimum Gasteiger partial charge on any atom is -0.464 e. The van der Waals surface area contributed by atoms with Crippen LogP contribution in [0.4, 0.5) is 0 Å². The molecular formula is C13H23NO2. The number of rotatable bonds is 6. The summed E-state index contributed by atoms with van der Waals surface area (Å²) in [4.78, 5) is 0. The van der Waals surface area contributed by atoms with E-state index < -0.39 is 0 Å². The van der Waals surface area contributed by atoms with E-state index in [9.17, 15) is 5.11 Å². The Balaban J connectivity index is 2.60. The molecule has 92 valence electrons. The predicted molar refractivity (Wildman–Crippen MR) is 65.3 cm³/mol. The van der Waals surface area contributed by atoms with Crippen LogP contribution in [0.15, 0.2) is 16.5 Å². The van der Waals surface area contributed by atoms with Crippen LogP contribution in [0, 0.1) is 5.92 Å². The summed E-state index contributed by atoms with van der Waals surface area (Å²) in [7, 11) is 0. The van der Waals surface area contributed by atoms with Gasteiger partial charge in [-0.15, -0.1) is 0 Å². The molecule has 0 aliphatic rings. The molecule has 1 unspecified atom stereocenters. The molecule has 1 aromatic rings. The van der Waals surface area contributed by atoms with Crippen LogP contribution in [0.25, 0.3) is 0 Å². The lowest BCUT2D eigenvalue weighted by Gasteiger charge is -2.23. The lowest BCUT2D eigenvalue weighted by Crippen LogP contribution is -2.38. The van der Waals surface area contributed by atoms with Gasteiger partial charge >= 0.3 is 0 Å². The van der Waals surface area contributed by atoms with Gasteiger partial charge in [-0.25, -0.2) is 0 Å². The first kappa shape index (κ1) is 13.3. The summed E-state index contributed by atoms with van der Waals surface area (Å²) in [5.41, 5.74) is 0. The second kappa shape index (κ2) is 6.06. The molecule has 0 spiro atoms. The van der Waals surface area contributed by atoms with E-state index in [0.29, 0.717) is 5.92 Å². The monoisotopic (exact) mass is 225 g/mol. The van der Waals surface area contributed by atoms with E-state index in [0.717, 1.165) is 17.9 Å². The summed E-state index contributed by atoms with van der Waals surface area (Å²) in [5, 5.41) is 12.6. The van der Waals surface area contributed by atoms with Gasteiger partial charge in [0.05, 0.1) is 12.6 Å². The Bertz CT molecular complexity index is 307. The van der Waals surface area contributed by atoms with Gasteiger partial charge in [0.15, 0.2) is 0 Å². The van der Waals surface area contributed by atoms with E-state index in [2.05, 4.69) is 33.0 Å². The summed E-state index contributed by atoms with van der Waals surface area (Å²) >= 11 is 0. The van der Waals surface area contributed by atoms with Crippen molar-refractivity contribution < 1.29 is 9.52 Å². The third-order valence-corrected chi connectivity index (χ3v) is 2.92. The number of aryl methyl sites for hydroxylation is 1. The zero-order chi connectivity index (χ0) is 12.1. The van der Waals surface area contributed by atoms with Crippen molar-refractivity contribution in [1.29, 1.82) is 0 Å². The highest BCUT2D eigenvalue weighted by molar-refractivity contribution is 5.10. The average molecular weight is 225 g/mol. The molecule has 2 atom stereocenters. The van der Waals surface area contributed by atoms with Crippen LogP contribution in [0.1, 0.15) is 45.3 Å². The number of furan rings is 1. The number of aliphatic hydroxyl groups is 1. The Morgan fingerprint density at radius 3 is 2.44 bits per heavy atom. The maximum absolute atomic E-state index is 9.25. The van der Waals surface area contributed by atoms with Gasteiger partial charge < -0.3 is 14.8 Å². The summed E-state index contributed by atoms with van der Waals surface area (Å²) in [6.07, 6.45) is 0.917. The molecule has 2 N–H and O–H groups in total. The summed E-state index contributed by atoms with van der Waals surface area (Å²) in [6.45, 7) is 8.48. The quantitative estimate of drug-likeness (QED) is 0.782. The highest BCUT2D eigenvalue weighted by Crippen LogP contribution is 2.18. The zero-order valence-corrected chi connectivity index (χ0v) is 10.7. The molecule has 1 heterocycles. The molecule has 0 saturated carbocycles. The number of nitrogens with one attached hydrogen (secondary N) is 1. The van der Waals surface area contributed by atoms with Crippen LogP contribution in [0.2, 0.25) is 0 Å². The van der Waals surface area contributed by atoms with E-state index in [1.165, 1.54) is 0 Å². The number of hydrogen-bond donors (Lipinski definition) is 2. The third kappa shape index (κ3) is 3.35. The molecule has 0 bridgehead atoms. The Hall–Kier alpha value is -0.800. The van der Waals surface area contributed by atoms with Gasteiger partial charge in [0.25, 0.3) is 0 Å². The van der Waals surface area contributed by atoms with Crippen molar-refractivity contribution >= 4 is 0 Å². The molecule has 3 nitrogen and oxygen atoms in total. The minimum atomic E-state index is 0.116. The Morgan fingerprint density at radius 1 is 1.31 bits per heavy atom. The molecule has 0 aliphatic heterocycles. The fourth-order valence-corrected chi connectivity index (χ4v) is 1.68. The fourth-order valence-electron chi connectivity index (χ4n) is 1.68. The van der Waals surface area contributed by atoms with Crippen LogP contribution in [0.5, 0.6) is 0 Å². The van der Waals surface area contributed by atoms with Crippen LogP contribution in [0.3, 0.4) is 0 Å². The smallest absolute Gasteiger partial charge is 0.120 e. The molecule has 0 fully saturated rings. The van der Waals surface area contributed by atoms with Crippen LogP contribution in [-0.4, -0.2) is 17.8 Å². The summed E-state index contributed by atoms with van der Waals surface area (Å²) in [6, 6.07) is 4.27. The standard InChI is InChI=1S/C13H23NO2/c1-5-11-6-7-13(16-11)10(4)14-12(8-15)9(2)3/h6-7,9-10,12,14-15H,5,8H2,1-4H3/t10?,12-/m1/s1. The number of aliphatic hydroxyl groups excluding tert-OH is 1. The van der Waals surface area contributed by atoms with Crippen LogP contribution in [-0.2, 0) is 6.42 Å². The van der Waals surface area contributed by atoms with E-state index in [1.54, 1.807) is 0 Å². The molecule has 1 aromatic heterocycles. The van der Waals surface area contributed by atoms with Crippen LogP contribution >= 0.6 is 0 Å². The van der Waals surface area contributed by atoms with Gasteiger partial charge in [-0.05, 0) is 25.0 Å². The van der Waals surface area contributed by atoms with Crippen LogP contribution < -0.4 is 5.32 Å². The Morgan fingerprint density at radius 2 is 2.00 bits per heavy atom. The maximum Gasteiger partial charge on any atom is 0.120 e. The van der Waals surface area contributed by atoms with Gasteiger partial charge in [-0.3, -0.25) is 0 Å². The molecule has 0 aliphatic carbocycles. The molecular weight excluding hydrogens is 202 g/mol. The highest BCUT2D eigenvalue weighted by atomic mass is 16.3. The molecule has 0 amide bonds. The predicted octanol–water partition coefficient (Wildman–Crippen LogP) is 2.51. The lowest BCUT2D eigenvalue weighted by molar-refractivity contribution is 0.196. The first-order valence-electron chi connectivity index (χ1n) is 6.04. The lowest BCUT2D eigenvalue weighted by atomic mass is 10.0. The SMILES string of the molecule is CCc1ccc(C(C)N[C@H](CO)C(C)C)o1. The summed E-state index contributed by atoms with van der Waals surface area (Å²) in [5.74, 6) is 2.36. The van der Waals surface area contributed by atoms with Crippen molar-refractivity contribution in [2.75, 3.05) is 6.61 Å². The fraction of sp³-hybridized carbons (Fsp3) is 0.692. The summed E-state index contributed by atoms with van der Waals surface area (Å²) < 4.78 is 5.68. The van der Waals surface area contributed by atoms with Crippen molar-refractivity contribution in [3.05, 3.63) is 23.7 Å². The molecule has 0 saturated heterocycles. The molecule has 3 heteroatoms. The first-order valence-corrected chi connectivity index (χ1v) is 6.04. The van der Waals surface area contributed by atoms with Gasteiger partial charge in [0.2, 0.25) is 0 Å². The second-order valence-corrected chi connectivity index (χ2v) is 4.58. The average Bonchev–Trinajstić information content (AvgIpc) is 2.73. The normalized spacial score (nSPS) is 15.4. The molecule has 16 heavy (non-hydrogen) atoms. The van der Waals surface area contributed by atoms with Gasteiger partial charge in [-0.2, -0.15) is 0 Å². The van der Waals surface area contributed by atoms with Crippen molar-refractivity contribution in [1.82, 2.24) is 5.32 Å². The van der Waals surface area contributed by atoms with Crippen molar-refractivity contribution in [3.63, 3.8) is 0 Å². The van der Waals surface area contributed by atoms with Gasteiger partial charge in [0.1, 0.15) is 11.5 Å². The van der Waals surface area contributed by atoms with E-state index in [-0.39, 0.29) is 18.7 Å². The second-order valence-electron chi connectivity index (χ2n) is 4.58. The topological polar surface area (TPSA) is 45.4 Å². The molecule has 0 radical (unpaired) electrons. The van der Waals surface area contributed by atoms with E-state index >= 15 is 0 Å². The first-order chi connectivity index (χ1) is 7.58. The van der Waals surface area contributed by atoms with Gasteiger partial charge in [-0.1, -0.05) is 20.8 Å². The van der Waals surface area contributed by atoms with Crippen molar-refractivity contribution in [2.24, 2.45) is 5.92 Å². The largest absolute Gasteiger partial charge is 0.464 e. The zero-order valence-electron chi connectivity index (χ0n) is 10.7. The maximum atomic E-state index is 9.25. The number of hydrogen-bond acceptors (Lipinski definition) is 3. The Kier molecular flexibility index (Phi) is 5.03. The Labute approximate surface area is 97.9 Å². The van der Waals surface area contributed by atoms with E-state index in [1.807, 2.05) is 12.1 Å². The molecule has 0 aromatic carbocycles. The van der Waals surface area contributed by atoms with Gasteiger partial charge in [0, 0.05) is 12.5 Å². The molecule has 1 rings (SSSR count). The highest BCUT2D eigenvalue weighted by Gasteiger charge is 2.17. The van der Waals surface area contributed by atoms with E-state index in [4.69, 9.17) is 4.42 Å².